The van der Waals surface area contributed by atoms with E-state index < -0.39 is 22.1 Å². The van der Waals surface area contributed by atoms with E-state index in [1.807, 2.05) is 42.5 Å². The minimum atomic E-state index is -3.66. The minimum Gasteiger partial charge on any atom is -0.493 e. The number of aliphatic hydroxyl groups is 1. The van der Waals surface area contributed by atoms with Crippen LogP contribution in [0.3, 0.4) is 0 Å². The summed E-state index contributed by atoms with van der Waals surface area (Å²) in [6, 6.07) is 21.3. The standard InChI is InChI=1S/C29H31NO6S/c31-24(19-21-36-28-14-5-4-8-23(28)16-18-29(32)33)17-15-22-9-6-13-27-26(22)12-7-20-30(27)37(34,35)25-10-2-1-3-11-25/h1-6,8-11,13-15,17,24,31H,7,12,16,18-21H2,(H,32,33)/b17-15+. The Morgan fingerprint density at radius 3 is 2.57 bits per heavy atom. The molecule has 0 aromatic heterocycles. The Labute approximate surface area is 217 Å². The summed E-state index contributed by atoms with van der Waals surface area (Å²) in [4.78, 5) is 11.2. The van der Waals surface area contributed by atoms with Crippen molar-refractivity contribution >= 4 is 27.8 Å². The number of carbonyl (C=O) groups is 1. The molecule has 1 aliphatic heterocycles. The molecule has 3 aromatic carbocycles. The number of para-hydroxylation sites is 1. The molecule has 7 nitrogen and oxygen atoms in total. The topological polar surface area (TPSA) is 104 Å². The van der Waals surface area contributed by atoms with Gasteiger partial charge in [0.25, 0.3) is 10.0 Å². The molecule has 1 unspecified atom stereocenters. The van der Waals surface area contributed by atoms with Crippen molar-refractivity contribution in [1.29, 1.82) is 0 Å². The molecule has 0 amide bonds. The third kappa shape index (κ3) is 6.58. The van der Waals surface area contributed by atoms with Crippen LogP contribution in [0.1, 0.15) is 36.0 Å². The van der Waals surface area contributed by atoms with E-state index in [1.165, 1.54) is 4.31 Å². The molecule has 1 atom stereocenters. The number of sulfonamides is 1. The predicted octanol–water partition coefficient (Wildman–Crippen LogP) is 4.69. The Morgan fingerprint density at radius 2 is 1.78 bits per heavy atom. The molecule has 0 bridgehead atoms. The Kier molecular flexibility index (Phi) is 8.63. The summed E-state index contributed by atoms with van der Waals surface area (Å²) in [5, 5.41) is 19.5. The maximum absolute atomic E-state index is 13.3. The number of aliphatic carboxylic acids is 1. The van der Waals surface area contributed by atoms with Gasteiger partial charge in [-0.1, -0.05) is 60.7 Å². The zero-order valence-corrected chi connectivity index (χ0v) is 21.3. The largest absolute Gasteiger partial charge is 0.493 e. The molecule has 0 aliphatic carbocycles. The van der Waals surface area contributed by atoms with Crippen LogP contribution in [-0.4, -0.2) is 43.9 Å². The van der Waals surface area contributed by atoms with Crippen LogP contribution in [0.4, 0.5) is 5.69 Å². The van der Waals surface area contributed by atoms with Crippen LogP contribution in [0.5, 0.6) is 5.75 Å². The summed E-state index contributed by atoms with van der Waals surface area (Å²) in [5.74, 6) is -0.240. The van der Waals surface area contributed by atoms with Crippen molar-refractivity contribution in [2.24, 2.45) is 0 Å². The molecule has 2 N–H and O–H groups in total. The normalized spacial score (nSPS) is 14.4. The Bertz CT molecular complexity index is 1350. The first-order chi connectivity index (χ1) is 17.9. The lowest BCUT2D eigenvalue weighted by atomic mass is 9.97. The van der Waals surface area contributed by atoms with Gasteiger partial charge < -0.3 is 14.9 Å². The molecule has 3 aromatic rings. The molecule has 0 saturated carbocycles. The van der Waals surface area contributed by atoms with Gasteiger partial charge in [-0.3, -0.25) is 9.10 Å². The van der Waals surface area contributed by atoms with Gasteiger partial charge in [-0.05, 0) is 60.2 Å². The second-order valence-corrected chi connectivity index (χ2v) is 10.8. The lowest BCUT2D eigenvalue weighted by molar-refractivity contribution is -0.136. The van der Waals surface area contributed by atoms with E-state index in [1.54, 1.807) is 42.5 Å². The fourth-order valence-corrected chi connectivity index (χ4v) is 5.99. The van der Waals surface area contributed by atoms with E-state index in [0.29, 0.717) is 37.2 Å². The summed E-state index contributed by atoms with van der Waals surface area (Å²) in [7, 11) is -3.66. The van der Waals surface area contributed by atoms with Crippen molar-refractivity contribution in [1.82, 2.24) is 0 Å². The lowest BCUT2D eigenvalue weighted by Crippen LogP contribution is -2.35. The van der Waals surface area contributed by atoms with Crippen LogP contribution >= 0.6 is 0 Å². The summed E-state index contributed by atoms with van der Waals surface area (Å²) < 4.78 is 33.9. The first-order valence-corrected chi connectivity index (χ1v) is 13.8. The van der Waals surface area contributed by atoms with Gasteiger partial charge >= 0.3 is 5.97 Å². The van der Waals surface area contributed by atoms with E-state index in [4.69, 9.17) is 9.84 Å². The summed E-state index contributed by atoms with van der Waals surface area (Å²) >= 11 is 0. The summed E-state index contributed by atoms with van der Waals surface area (Å²) in [6.07, 6.45) is 5.00. The first-order valence-electron chi connectivity index (χ1n) is 12.3. The summed E-state index contributed by atoms with van der Waals surface area (Å²) in [5.41, 5.74) is 3.32. The average Bonchev–Trinajstić information content (AvgIpc) is 2.91. The van der Waals surface area contributed by atoms with Crippen LogP contribution in [0.15, 0.2) is 83.8 Å². The molecule has 0 fully saturated rings. The number of ether oxygens (including phenoxy) is 1. The van der Waals surface area contributed by atoms with Gasteiger partial charge in [0.15, 0.2) is 0 Å². The van der Waals surface area contributed by atoms with Gasteiger partial charge in [0, 0.05) is 19.4 Å². The van der Waals surface area contributed by atoms with E-state index in [9.17, 15) is 18.3 Å². The highest BCUT2D eigenvalue weighted by Gasteiger charge is 2.29. The van der Waals surface area contributed by atoms with Crippen LogP contribution in [-0.2, 0) is 27.7 Å². The molecule has 37 heavy (non-hydrogen) atoms. The molecule has 0 spiro atoms. The van der Waals surface area contributed by atoms with E-state index in [-0.39, 0.29) is 17.9 Å². The highest BCUT2D eigenvalue weighted by Crippen LogP contribution is 2.34. The number of hydrogen-bond donors (Lipinski definition) is 2. The number of hydrogen-bond acceptors (Lipinski definition) is 5. The smallest absolute Gasteiger partial charge is 0.303 e. The zero-order valence-electron chi connectivity index (χ0n) is 20.5. The van der Waals surface area contributed by atoms with Crippen molar-refractivity contribution in [3.63, 3.8) is 0 Å². The summed E-state index contributed by atoms with van der Waals surface area (Å²) in [6.45, 7) is 0.691. The molecule has 0 saturated heterocycles. The van der Waals surface area contributed by atoms with Gasteiger partial charge in [-0.2, -0.15) is 0 Å². The van der Waals surface area contributed by atoms with Gasteiger partial charge in [0.1, 0.15) is 5.75 Å². The Balaban J connectivity index is 1.42. The van der Waals surface area contributed by atoms with Crippen LogP contribution in [0, 0.1) is 0 Å². The number of fused-ring (bicyclic) bond motifs is 1. The third-order valence-corrected chi connectivity index (χ3v) is 8.15. The quantitative estimate of drug-likeness (QED) is 0.379. The van der Waals surface area contributed by atoms with Crippen LogP contribution in [0.2, 0.25) is 0 Å². The maximum Gasteiger partial charge on any atom is 0.303 e. The number of benzene rings is 3. The second kappa shape index (κ2) is 12.1. The zero-order chi connectivity index (χ0) is 26.3. The van der Waals surface area contributed by atoms with Crippen molar-refractivity contribution in [3.05, 3.63) is 95.6 Å². The molecule has 4 rings (SSSR count). The number of nitrogens with zero attached hydrogens (tertiary/aromatic N) is 1. The van der Waals surface area contributed by atoms with Crippen molar-refractivity contribution in [2.75, 3.05) is 17.5 Å². The molecule has 194 valence electrons. The highest BCUT2D eigenvalue weighted by atomic mass is 32.2. The Morgan fingerprint density at radius 1 is 1.03 bits per heavy atom. The third-order valence-electron chi connectivity index (χ3n) is 6.33. The number of anilines is 1. The van der Waals surface area contributed by atoms with E-state index in [0.717, 1.165) is 23.1 Å². The minimum absolute atomic E-state index is 0.0250. The van der Waals surface area contributed by atoms with Crippen LogP contribution < -0.4 is 9.04 Å². The molecular weight excluding hydrogens is 490 g/mol. The van der Waals surface area contributed by atoms with Crippen molar-refractivity contribution in [2.45, 2.75) is 43.1 Å². The Hall–Kier alpha value is -3.62. The number of aryl methyl sites for hydroxylation is 1. The molecule has 8 heteroatoms. The molecule has 0 radical (unpaired) electrons. The van der Waals surface area contributed by atoms with Gasteiger partial charge in [0.05, 0.1) is 23.3 Å². The van der Waals surface area contributed by atoms with E-state index in [2.05, 4.69) is 0 Å². The van der Waals surface area contributed by atoms with Gasteiger partial charge in [-0.25, -0.2) is 8.42 Å². The average molecular weight is 522 g/mol. The highest BCUT2D eigenvalue weighted by molar-refractivity contribution is 7.92. The first kappa shape index (κ1) is 26.4. The second-order valence-electron chi connectivity index (χ2n) is 8.90. The van der Waals surface area contributed by atoms with Crippen LogP contribution in [0.25, 0.3) is 6.08 Å². The molecule has 1 heterocycles. The van der Waals surface area contributed by atoms with Crippen molar-refractivity contribution in [3.8, 4) is 5.75 Å². The SMILES string of the molecule is O=C(O)CCc1ccccc1OCCC(O)/C=C/c1cccc2c1CCCN2S(=O)(=O)c1ccccc1. The number of aliphatic hydroxyl groups excluding tert-OH is 1. The van der Waals surface area contributed by atoms with Gasteiger partial charge in [-0.15, -0.1) is 0 Å². The predicted molar refractivity (Wildman–Crippen MR) is 143 cm³/mol. The fraction of sp³-hybridized carbons (Fsp3) is 0.276. The molecule has 1 aliphatic rings. The van der Waals surface area contributed by atoms with E-state index >= 15 is 0 Å². The molecular formula is C29H31NO6S. The van der Waals surface area contributed by atoms with Gasteiger partial charge in [0.2, 0.25) is 0 Å². The number of carboxylic acids is 1. The number of carboxylic acid groups (broad SMARTS) is 1. The van der Waals surface area contributed by atoms with Crippen molar-refractivity contribution < 1.29 is 28.2 Å². The monoisotopic (exact) mass is 521 g/mol. The lowest BCUT2D eigenvalue weighted by Gasteiger charge is -2.31. The fourth-order valence-electron chi connectivity index (χ4n) is 4.44. The number of rotatable bonds is 11. The maximum atomic E-state index is 13.3.